The minimum atomic E-state index is 0. The zero-order chi connectivity index (χ0) is 27.1. The average molecular weight is 681 g/mol. The number of hydrogen-bond donors (Lipinski definition) is 0. The Hall–Kier alpha value is -3.10. The van der Waals surface area contributed by atoms with E-state index in [4.69, 9.17) is 8.83 Å². The second kappa shape index (κ2) is 14.1. The first kappa shape index (κ1) is 32.8. The summed E-state index contributed by atoms with van der Waals surface area (Å²) in [5.74, 6) is 4.71. The van der Waals surface area contributed by atoms with Gasteiger partial charge in [0.1, 0.15) is 23.0 Å². The molecule has 2 heterocycles. The van der Waals surface area contributed by atoms with E-state index in [2.05, 4.69) is 135 Å². The zero-order valence-electron chi connectivity index (χ0n) is 24.0. The third-order valence-electron chi connectivity index (χ3n) is 7.98. The van der Waals surface area contributed by atoms with Gasteiger partial charge in [0.25, 0.3) is 0 Å². The Kier molecular flexibility index (Phi) is 10.8. The second-order valence-electron chi connectivity index (χ2n) is 10.4. The molecular weight excluding hydrogens is 651 g/mol. The minimum Gasteiger partial charge on any atom is -1.00 e. The molecule has 43 heavy (non-hydrogen) atoms. The molecular formula is C38H30Cl2O2Zr. The van der Waals surface area contributed by atoms with E-state index in [9.17, 15) is 0 Å². The van der Waals surface area contributed by atoms with E-state index in [0.29, 0.717) is 11.8 Å². The van der Waals surface area contributed by atoms with Gasteiger partial charge in [-0.1, -0.05) is 62.4 Å². The van der Waals surface area contributed by atoms with Gasteiger partial charge in [-0.3, -0.25) is 0 Å². The minimum absolute atomic E-state index is 0. The number of rotatable bonds is 4. The van der Waals surface area contributed by atoms with Gasteiger partial charge in [0, 0.05) is 12.8 Å². The normalized spacial score (nSPS) is 17.5. The van der Waals surface area contributed by atoms with Gasteiger partial charge in [-0.05, 0) is 47.2 Å². The van der Waals surface area contributed by atoms with E-state index in [0.717, 1.165) is 47.0 Å². The van der Waals surface area contributed by atoms with Crippen LogP contribution in [0.1, 0.15) is 59.5 Å². The molecule has 0 spiro atoms. The number of hydrogen-bond acceptors (Lipinski definition) is 2. The van der Waals surface area contributed by atoms with Crippen LogP contribution in [-0.4, -0.2) is 0 Å². The molecule has 5 heteroatoms. The molecule has 4 aliphatic rings. The Labute approximate surface area is 285 Å². The van der Waals surface area contributed by atoms with E-state index >= 15 is 0 Å². The number of fused-ring (bicyclic) bond motifs is 6. The Balaban J connectivity index is 0.000000184. The molecule has 4 aromatic rings. The smallest absolute Gasteiger partial charge is 1.00 e. The molecule has 0 N–H and O–H groups in total. The van der Waals surface area contributed by atoms with Crippen molar-refractivity contribution in [1.29, 1.82) is 0 Å². The second-order valence-corrected chi connectivity index (χ2v) is 10.4. The fraction of sp³-hybridized carbons (Fsp3) is 0.158. The van der Waals surface area contributed by atoms with Crippen LogP contribution in [0.4, 0.5) is 0 Å². The van der Waals surface area contributed by atoms with E-state index in [1.807, 2.05) is 0 Å². The van der Waals surface area contributed by atoms with Crippen molar-refractivity contribution in [1.82, 2.24) is 0 Å². The Bertz CT molecular complexity index is 1660. The molecule has 0 bridgehead atoms. The molecule has 2 unspecified atom stereocenters. The van der Waals surface area contributed by atoms with Crippen LogP contribution in [0.15, 0.2) is 129 Å². The van der Waals surface area contributed by atoms with Gasteiger partial charge in [-0.15, -0.1) is 82.0 Å². The number of allylic oxidation sites excluding steroid dienone is 10. The summed E-state index contributed by atoms with van der Waals surface area (Å²) < 4.78 is 11.7. The topological polar surface area (TPSA) is 26.3 Å². The predicted molar refractivity (Wildman–Crippen MR) is 161 cm³/mol. The average Bonchev–Trinajstić information content (AvgIpc) is 3.80. The molecule has 4 aliphatic carbocycles. The van der Waals surface area contributed by atoms with Crippen LogP contribution in [0.25, 0.3) is 22.6 Å². The molecule has 2 aromatic heterocycles. The van der Waals surface area contributed by atoms with Crippen molar-refractivity contribution in [3.8, 4) is 22.6 Å². The molecule has 2 aromatic carbocycles. The molecule has 0 aliphatic heterocycles. The van der Waals surface area contributed by atoms with Crippen molar-refractivity contribution in [3.05, 3.63) is 166 Å². The first-order valence-corrected chi connectivity index (χ1v) is 14.1. The summed E-state index contributed by atoms with van der Waals surface area (Å²) in [4.78, 5) is 0. The van der Waals surface area contributed by atoms with E-state index in [1.54, 1.807) is 0 Å². The van der Waals surface area contributed by atoms with Crippen molar-refractivity contribution >= 4 is 0 Å². The number of furan rings is 2. The molecule has 8 rings (SSSR count). The van der Waals surface area contributed by atoms with Crippen molar-refractivity contribution in [2.45, 2.75) is 38.5 Å². The van der Waals surface area contributed by atoms with Crippen molar-refractivity contribution < 1.29 is 59.9 Å². The van der Waals surface area contributed by atoms with Gasteiger partial charge in [0.15, 0.2) is 0 Å². The molecule has 0 amide bonds. The van der Waals surface area contributed by atoms with Gasteiger partial charge in [-0.2, -0.15) is 0 Å². The Morgan fingerprint density at radius 1 is 0.581 bits per heavy atom. The van der Waals surface area contributed by atoms with Crippen LogP contribution in [-0.2, 0) is 39.0 Å². The van der Waals surface area contributed by atoms with Crippen molar-refractivity contribution in [2.75, 3.05) is 0 Å². The van der Waals surface area contributed by atoms with Gasteiger partial charge >= 0.3 is 26.2 Å². The van der Waals surface area contributed by atoms with Crippen LogP contribution in [0.2, 0.25) is 0 Å². The monoisotopic (exact) mass is 678 g/mol. The summed E-state index contributed by atoms with van der Waals surface area (Å²) in [6, 6.07) is 21.3. The zero-order valence-corrected chi connectivity index (χ0v) is 28.0. The standard InChI is InChI=1S/2C19H15O.2ClH.Zr/c2*1-2-16-8-10-19(20-16)14-7-9-18-15(12-14)11-13-5-3-4-6-17(13)18;;;/h2*3-10,12,17H,2H2,1H3;2*1H;/q2*-1;;;+4/p-2. The summed E-state index contributed by atoms with van der Waals surface area (Å²) in [6.07, 6.45) is 26.0. The largest absolute Gasteiger partial charge is 4.00 e. The van der Waals surface area contributed by atoms with Gasteiger partial charge in [0.2, 0.25) is 0 Å². The summed E-state index contributed by atoms with van der Waals surface area (Å²) in [6.45, 7) is 4.21. The maximum Gasteiger partial charge on any atom is 4.00 e. The van der Waals surface area contributed by atoms with Crippen molar-refractivity contribution in [3.63, 3.8) is 0 Å². The number of benzene rings is 2. The predicted octanol–water partition coefficient (Wildman–Crippen LogP) is 3.63. The molecule has 0 saturated heterocycles. The Morgan fingerprint density at radius 3 is 1.42 bits per heavy atom. The third-order valence-corrected chi connectivity index (χ3v) is 7.98. The van der Waals surface area contributed by atoms with Crippen LogP contribution in [0, 0.1) is 12.2 Å². The summed E-state index contributed by atoms with van der Waals surface area (Å²) in [7, 11) is 0. The quantitative estimate of drug-likeness (QED) is 0.308. The fourth-order valence-electron chi connectivity index (χ4n) is 5.80. The summed E-state index contributed by atoms with van der Waals surface area (Å²) >= 11 is 0. The molecule has 0 fully saturated rings. The van der Waals surface area contributed by atoms with E-state index in [1.165, 1.54) is 33.4 Å². The summed E-state index contributed by atoms with van der Waals surface area (Å²) in [5, 5.41) is 0. The maximum absolute atomic E-state index is 5.83. The van der Waals surface area contributed by atoms with Gasteiger partial charge in [0.05, 0.1) is 0 Å². The maximum atomic E-state index is 5.83. The number of aryl methyl sites for hydroxylation is 2. The van der Waals surface area contributed by atoms with Crippen LogP contribution >= 0.6 is 0 Å². The number of halogens is 2. The van der Waals surface area contributed by atoms with Crippen molar-refractivity contribution in [2.24, 2.45) is 0 Å². The first-order valence-electron chi connectivity index (χ1n) is 14.1. The van der Waals surface area contributed by atoms with E-state index < -0.39 is 0 Å². The van der Waals surface area contributed by atoms with Crippen LogP contribution in [0.5, 0.6) is 0 Å². The Morgan fingerprint density at radius 2 is 1.02 bits per heavy atom. The molecule has 2 nitrogen and oxygen atoms in total. The molecule has 0 saturated carbocycles. The van der Waals surface area contributed by atoms with E-state index in [-0.39, 0.29) is 51.0 Å². The van der Waals surface area contributed by atoms with Crippen LogP contribution in [0.3, 0.4) is 0 Å². The van der Waals surface area contributed by atoms with Gasteiger partial charge in [-0.25, -0.2) is 0 Å². The third kappa shape index (κ3) is 6.41. The van der Waals surface area contributed by atoms with Gasteiger partial charge < -0.3 is 33.6 Å². The molecule has 212 valence electrons. The molecule has 2 atom stereocenters. The first-order chi connectivity index (χ1) is 19.7. The fourth-order valence-corrected chi connectivity index (χ4v) is 5.80. The summed E-state index contributed by atoms with van der Waals surface area (Å²) in [5.41, 5.74) is 9.83. The SMILES string of the molecule is CCc1ccc(-c2ccc3c(c2)[C-]=C2C=CC=CC23)o1.CCc1ccc(-c2ccc3c(c2)[C-]=C2C=CC=CC23)o1.[Cl-].[Cl-].[Zr+4]. The van der Waals surface area contributed by atoms with Crippen LogP contribution < -0.4 is 24.8 Å². The molecule has 0 radical (unpaired) electrons.